The van der Waals surface area contributed by atoms with Gasteiger partial charge in [-0.15, -0.1) is 11.3 Å². The van der Waals surface area contributed by atoms with Crippen molar-refractivity contribution in [3.63, 3.8) is 0 Å². The predicted molar refractivity (Wildman–Crippen MR) is 69.4 cm³/mol. The highest BCUT2D eigenvalue weighted by Crippen LogP contribution is 2.24. The van der Waals surface area contributed by atoms with E-state index in [4.69, 9.17) is 4.74 Å². The molecule has 1 aromatic carbocycles. The molecule has 0 saturated carbocycles. The van der Waals surface area contributed by atoms with Crippen molar-refractivity contribution >= 4 is 17.0 Å². The molecule has 1 aromatic heterocycles. The van der Waals surface area contributed by atoms with Gasteiger partial charge in [0.05, 0.1) is 13.2 Å². The average molecular weight is 233 g/mol. The van der Waals surface area contributed by atoms with E-state index in [-0.39, 0.29) is 0 Å². The van der Waals surface area contributed by atoms with Gasteiger partial charge >= 0.3 is 0 Å². The first kappa shape index (κ1) is 11.0. The molecule has 0 bridgehead atoms. The molecule has 16 heavy (non-hydrogen) atoms. The van der Waals surface area contributed by atoms with Crippen LogP contribution >= 0.6 is 11.3 Å². The van der Waals surface area contributed by atoms with E-state index < -0.39 is 0 Å². The molecule has 0 saturated heterocycles. The van der Waals surface area contributed by atoms with Crippen LogP contribution in [0.25, 0.3) is 0 Å². The second-order valence-electron chi connectivity index (χ2n) is 3.61. The molecule has 84 valence electrons. The van der Waals surface area contributed by atoms with Gasteiger partial charge in [0.1, 0.15) is 5.75 Å². The third-order valence-corrected chi connectivity index (χ3v) is 3.50. The molecule has 0 amide bonds. The fourth-order valence-corrected chi connectivity index (χ4v) is 2.28. The highest BCUT2D eigenvalue weighted by molar-refractivity contribution is 7.10. The summed E-state index contributed by atoms with van der Waals surface area (Å²) in [5.74, 6) is 0.884. The van der Waals surface area contributed by atoms with Crippen molar-refractivity contribution in [1.29, 1.82) is 0 Å². The van der Waals surface area contributed by atoms with Crippen molar-refractivity contribution in [3.8, 4) is 5.75 Å². The minimum Gasteiger partial charge on any atom is -0.497 e. The second-order valence-corrected chi connectivity index (χ2v) is 4.59. The normalized spacial score (nSPS) is 12.1. The van der Waals surface area contributed by atoms with Crippen LogP contribution in [0.1, 0.15) is 17.8 Å². The van der Waals surface area contributed by atoms with Gasteiger partial charge in [0, 0.05) is 10.6 Å². The summed E-state index contributed by atoms with van der Waals surface area (Å²) in [5, 5.41) is 5.55. The van der Waals surface area contributed by atoms with Crippen molar-refractivity contribution in [1.82, 2.24) is 0 Å². The van der Waals surface area contributed by atoms with Gasteiger partial charge in [-0.25, -0.2) is 0 Å². The molecule has 1 atom stereocenters. The Bertz CT molecular complexity index is 422. The number of methoxy groups -OCH3 is 1. The van der Waals surface area contributed by atoms with Gasteiger partial charge in [0.15, 0.2) is 0 Å². The van der Waals surface area contributed by atoms with Gasteiger partial charge in [-0.3, -0.25) is 0 Å². The van der Waals surface area contributed by atoms with Crippen LogP contribution in [0.15, 0.2) is 41.8 Å². The smallest absolute Gasteiger partial charge is 0.119 e. The molecule has 0 aliphatic carbocycles. The van der Waals surface area contributed by atoms with Gasteiger partial charge in [-0.1, -0.05) is 6.07 Å². The highest BCUT2D eigenvalue weighted by atomic mass is 32.1. The molecular formula is C13H15NOS. The summed E-state index contributed by atoms with van der Waals surface area (Å²) in [7, 11) is 1.68. The molecule has 0 aliphatic heterocycles. The Morgan fingerprint density at radius 2 is 1.94 bits per heavy atom. The average Bonchev–Trinajstić information content (AvgIpc) is 2.83. The molecule has 1 N–H and O–H groups in total. The Labute approximate surface area is 99.9 Å². The van der Waals surface area contributed by atoms with E-state index >= 15 is 0 Å². The van der Waals surface area contributed by atoms with Crippen molar-refractivity contribution in [2.45, 2.75) is 13.0 Å². The molecule has 2 rings (SSSR count). The van der Waals surface area contributed by atoms with E-state index in [0.717, 1.165) is 11.4 Å². The molecule has 2 aromatic rings. The van der Waals surface area contributed by atoms with Crippen LogP contribution in [0, 0.1) is 0 Å². The number of hydrogen-bond donors (Lipinski definition) is 1. The summed E-state index contributed by atoms with van der Waals surface area (Å²) in [6.45, 7) is 2.16. The zero-order valence-corrected chi connectivity index (χ0v) is 10.3. The summed E-state index contributed by atoms with van der Waals surface area (Å²) in [6, 6.07) is 12.5. The molecule has 3 heteroatoms. The molecule has 0 radical (unpaired) electrons. The van der Waals surface area contributed by atoms with E-state index in [2.05, 4.69) is 29.8 Å². The lowest BCUT2D eigenvalue weighted by molar-refractivity contribution is 0.415. The van der Waals surface area contributed by atoms with E-state index in [0.29, 0.717) is 6.04 Å². The molecule has 0 aliphatic rings. The second kappa shape index (κ2) is 5.03. The zero-order chi connectivity index (χ0) is 11.4. The summed E-state index contributed by atoms with van der Waals surface area (Å²) < 4.78 is 5.12. The van der Waals surface area contributed by atoms with Crippen LogP contribution in [0.2, 0.25) is 0 Å². The van der Waals surface area contributed by atoms with Crippen LogP contribution in [-0.4, -0.2) is 7.11 Å². The fourth-order valence-electron chi connectivity index (χ4n) is 1.55. The maximum atomic E-state index is 5.12. The van der Waals surface area contributed by atoms with Crippen molar-refractivity contribution in [2.24, 2.45) is 0 Å². The van der Waals surface area contributed by atoms with Gasteiger partial charge in [0.2, 0.25) is 0 Å². The Kier molecular flexibility index (Phi) is 3.47. The van der Waals surface area contributed by atoms with Crippen LogP contribution < -0.4 is 10.1 Å². The van der Waals surface area contributed by atoms with Crippen molar-refractivity contribution in [3.05, 3.63) is 46.7 Å². The number of rotatable bonds is 4. The van der Waals surface area contributed by atoms with Crippen molar-refractivity contribution < 1.29 is 4.74 Å². The Hall–Kier alpha value is -1.48. The van der Waals surface area contributed by atoms with Crippen LogP contribution in [0.3, 0.4) is 0 Å². The first-order valence-corrected chi connectivity index (χ1v) is 6.11. The molecule has 1 heterocycles. The third kappa shape index (κ3) is 2.55. The molecular weight excluding hydrogens is 218 g/mol. The summed E-state index contributed by atoms with van der Waals surface area (Å²) in [5.41, 5.74) is 1.11. The minimum absolute atomic E-state index is 0.341. The SMILES string of the molecule is COc1ccc(N[C@@H](C)c2cccs2)cc1. The van der Waals surface area contributed by atoms with Gasteiger partial charge < -0.3 is 10.1 Å². The molecule has 0 spiro atoms. The largest absolute Gasteiger partial charge is 0.497 e. The Morgan fingerprint density at radius 1 is 1.19 bits per heavy atom. The Morgan fingerprint density at radius 3 is 2.50 bits per heavy atom. The lowest BCUT2D eigenvalue weighted by Gasteiger charge is -2.13. The predicted octanol–water partition coefficient (Wildman–Crippen LogP) is 3.93. The zero-order valence-electron chi connectivity index (χ0n) is 9.44. The summed E-state index contributed by atoms with van der Waals surface area (Å²) in [4.78, 5) is 1.34. The first-order valence-electron chi connectivity index (χ1n) is 5.23. The number of ether oxygens (including phenoxy) is 1. The molecule has 0 unspecified atom stereocenters. The van der Waals surface area contributed by atoms with Gasteiger partial charge in [-0.2, -0.15) is 0 Å². The van der Waals surface area contributed by atoms with E-state index in [9.17, 15) is 0 Å². The maximum absolute atomic E-state index is 5.12. The van der Waals surface area contributed by atoms with Crippen LogP contribution in [0.5, 0.6) is 5.75 Å². The van der Waals surface area contributed by atoms with E-state index in [1.165, 1.54) is 4.88 Å². The molecule has 2 nitrogen and oxygen atoms in total. The Balaban J connectivity index is 2.03. The van der Waals surface area contributed by atoms with Crippen LogP contribution in [-0.2, 0) is 0 Å². The first-order chi connectivity index (χ1) is 7.79. The van der Waals surface area contributed by atoms with E-state index in [1.807, 2.05) is 24.3 Å². The van der Waals surface area contributed by atoms with Crippen molar-refractivity contribution in [2.75, 3.05) is 12.4 Å². The quantitative estimate of drug-likeness (QED) is 0.864. The number of benzene rings is 1. The highest BCUT2D eigenvalue weighted by Gasteiger charge is 2.05. The van der Waals surface area contributed by atoms with Crippen LogP contribution in [0.4, 0.5) is 5.69 Å². The lowest BCUT2D eigenvalue weighted by atomic mass is 10.2. The number of thiophene rings is 1. The standard InChI is InChI=1S/C13H15NOS/c1-10(13-4-3-9-16-13)14-11-5-7-12(15-2)8-6-11/h3-10,14H,1-2H3/t10-/m0/s1. The summed E-state index contributed by atoms with van der Waals surface area (Å²) >= 11 is 1.77. The fraction of sp³-hybridized carbons (Fsp3) is 0.231. The monoisotopic (exact) mass is 233 g/mol. The van der Waals surface area contributed by atoms with E-state index in [1.54, 1.807) is 18.4 Å². The van der Waals surface area contributed by atoms with Gasteiger partial charge in [-0.05, 0) is 42.6 Å². The summed E-state index contributed by atoms with van der Waals surface area (Å²) in [6.07, 6.45) is 0. The van der Waals surface area contributed by atoms with Gasteiger partial charge in [0.25, 0.3) is 0 Å². The third-order valence-electron chi connectivity index (χ3n) is 2.44. The molecule has 0 fully saturated rings. The minimum atomic E-state index is 0.341. The number of hydrogen-bond acceptors (Lipinski definition) is 3. The number of anilines is 1. The maximum Gasteiger partial charge on any atom is 0.119 e. The lowest BCUT2D eigenvalue weighted by Crippen LogP contribution is -2.04. The number of nitrogens with one attached hydrogen (secondary N) is 1. The topological polar surface area (TPSA) is 21.3 Å².